The minimum Gasteiger partial charge on any atom is -0.291 e. The molecule has 3 aromatic rings. The molecule has 4 rings (SSSR count). The molecule has 3 aromatic heterocycles. The second-order valence-electron chi connectivity index (χ2n) is 4.49. The van der Waals surface area contributed by atoms with Crippen molar-refractivity contribution in [2.75, 3.05) is 0 Å². The van der Waals surface area contributed by atoms with Crippen molar-refractivity contribution in [3.8, 4) is 0 Å². The standard InChI is InChI=1S/C11H11N7S/c1-4-12-10-13-8(6-17(10)5-1)7-19-11-14-15-16-18(11)9-2-3-9/h1,4-6,9H,2-3,7H2. The van der Waals surface area contributed by atoms with Gasteiger partial charge in [-0.05, 0) is 29.3 Å². The van der Waals surface area contributed by atoms with Crippen molar-refractivity contribution in [1.29, 1.82) is 0 Å². The fraction of sp³-hybridized carbons (Fsp3) is 0.364. The highest BCUT2D eigenvalue weighted by Crippen LogP contribution is 2.36. The Balaban J connectivity index is 1.53. The Kier molecular flexibility index (Phi) is 2.47. The van der Waals surface area contributed by atoms with Gasteiger partial charge in [-0.2, -0.15) is 0 Å². The number of hydrogen-bond acceptors (Lipinski definition) is 6. The molecular weight excluding hydrogens is 262 g/mol. The van der Waals surface area contributed by atoms with Crippen molar-refractivity contribution in [2.45, 2.75) is 29.8 Å². The van der Waals surface area contributed by atoms with Crippen LogP contribution in [0.25, 0.3) is 5.78 Å². The lowest BCUT2D eigenvalue weighted by Crippen LogP contribution is -1.98. The quantitative estimate of drug-likeness (QED) is 0.668. The van der Waals surface area contributed by atoms with Crippen LogP contribution in [0.15, 0.2) is 29.8 Å². The molecule has 0 amide bonds. The van der Waals surface area contributed by atoms with Crippen molar-refractivity contribution in [3.05, 3.63) is 30.4 Å². The molecule has 0 N–H and O–H groups in total. The number of aromatic nitrogens is 7. The summed E-state index contributed by atoms with van der Waals surface area (Å²) in [5, 5.41) is 12.7. The predicted molar refractivity (Wildman–Crippen MR) is 68.6 cm³/mol. The van der Waals surface area contributed by atoms with Gasteiger partial charge in [0.25, 0.3) is 0 Å². The maximum Gasteiger partial charge on any atom is 0.233 e. The molecule has 0 saturated heterocycles. The van der Waals surface area contributed by atoms with E-state index in [2.05, 4.69) is 25.5 Å². The van der Waals surface area contributed by atoms with Gasteiger partial charge in [0.15, 0.2) is 0 Å². The van der Waals surface area contributed by atoms with Crippen LogP contribution in [-0.4, -0.2) is 34.6 Å². The first-order valence-corrected chi connectivity index (χ1v) is 7.08. The predicted octanol–water partition coefficient (Wildman–Crippen LogP) is 1.34. The molecule has 0 radical (unpaired) electrons. The number of hydrogen-bond donors (Lipinski definition) is 0. The minimum absolute atomic E-state index is 0.500. The van der Waals surface area contributed by atoms with E-state index in [1.807, 2.05) is 27.5 Å². The molecule has 1 saturated carbocycles. The zero-order chi connectivity index (χ0) is 12.7. The highest BCUT2D eigenvalue weighted by atomic mass is 32.2. The fourth-order valence-electron chi connectivity index (χ4n) is 1.92. The highest BCUT2D eigenvalue weighted by molar-refractivity contribution is 7.98. The zero-order valence-corrected chi connectivity index (χ0v) is 10.9. The van der Waals surface area contributed by atoms with Gasteiger partial charge in [-0.1, -0.05) is 11.8 Å². The summed E-state index contributed by atoms with van der Waals surface area (Å²) in [6.07, 6.45) is 8.03. The average molecular weight is 273 g/mol. The van der Waals surface area contributed by atoms with Crippen LogP contribution in [0.5, 0.6) is 0 Å². The molecule has 1 aliphatic carbocycles. The van der Waals surface area contributed by atoms with E-state index in [0.717, 1.165) is 22.4 Å². The molecule has 19 heavy (non-hydrogen) atoms. The third-order valence-corrected chi connectivity index (χ3v) is 3.96. The molecule has 0 unspecified atom stereocenters. The minimum atomic E-state index is 0.500. The smallest absolute Gasteiger partial charge is 0.233 e. The molecule has 3 heterocycles. The molecule has 0 atom stereocenters. The lowest BCUT2D eigenvalue weighted by atomic mass is 10.6. The second kappa shape index (κ2) is 4.30. The van der Waals surface area contributed by atoms with Crippen LogP contribution in [-0.2, 0) is 5.75 Å². The van der Waals surface area contributed by atoms with E-state index in [1.54, 1.807) is 18.0 Å². The lowest BCUT2D eigenvalue weighted by molar-refractivity contribution is 0.565. The molecule has 0 aliphatic heterocycles. The monoisotopic (exact) mass is 273 g/mol. The first kappa shape index (κ1) is 10.9. The molecule has 0 bridgehead atoms. The van der Waals surface area contributed by atoms with E-state index in [1.165, 1.54) is 12.8 Å². The Morgan fingerprint density at radius 1 is 1.37 bits per heavy atom. The largest absolute Gasteiger partial charge is 0.291 e. The molecule has 8 heteroatoms. The van der Waals surface area contributed by atoms with Crippen LogP contribution in [0.2, 0.25) is 0 Å². The summed E-state index contributed by atoms with van der Waals surface area (Å²) in [5.74, 6) is 1.47. The third-order valence-electron chi connectivity index (χ3n) is 2.99. The van der Waals surface area contributed by atoms with Gasteiger partial charge in [-0.15, -0.1) is 5.10 Å². The lowest BCUT2D eigenvalue weighted by Gasteiger charge is -1.99. The van der Waals surface area contributed by atoms with Crippen molar-refractivity contribution < 1.29 is 0 Å². The van der Waals surface area contributed by atoms with E-state index in [4.69, 9.17) is 0 Å². The van der Waals surface area contributed by atoms with Crippen LogP contribution < -0.4 is 0 Å². The van der Waals surface area contributed by atoms with Gasteiger partial charge in [0.1, 0.15) is 0 Å². The molecule has 0 aromatic carbocycles. The van der Waals surface area contributed by atoms with Gasteiger partial charge in [0.2, 0.25) is 10.9 Å². The summed E-state index contributed by atoms with van der Waals surface area (Å²) in [4.78, 5) is 8.66. The molecule has 1 fully saturated rings. The van der Waals surface area contributed by atoms with Crippen molar-refractivity contribution in [1.82, 2.24) is 34.6 Å². The van der Waals surface area contributed by atoms with Gasteiger partial charge in [0, 0.05) is 24.3 Å². The van der Waals surface area contributed by atoms with Crippen molar-refractivity contribution in [2.24, 2.45) is 0 Å². The fourth-order valence-corrected chi connectivity index (χ4v) is 2.74. The number of tetrazole rings is 1. The summed E-state index contributed by atoms with van der Waals surface area (Å²) < 4.78 is 3.83. The number of fused-ring (bicyclic) bond motifs is 1. The first-order valence-electron chi connectivity index (χ1n) is 6.09. The second-order valence-corrected chi connectivity index (χ2v) is 5.43. The maximum absolute atomic E-state index is 4.46. The van der Waals surface area contributed by atoms with Gasteiger partial charge in [-0.3, -0.25) is 4.40 Å². The molecular formula is C11H11N7S. The summed E-state index contributed by atoms with van der Waals surface area (Å²) in [6, 6.07) is 2.39. The van der Waals surface area contributed by atoms with Gasteiger partial charge in [0.05, 0.1) is 11.7 Å². The Labute approximate surface area is 113 Å². The Morgan fingerprint density at radius 3 is 3.16 bits per heavy atom. The topological polar surface area (TPSA) is 73.8 Å². The van der Waals surface area contributed by atoms with Gasteiger partial charge >= 0.3 is 0 Å². The number of rotatable bonds is 4. The normalized spacial score (nSPS) is 15.2. The van der Waals surface area contributed by atoms with Crippen LogP contribution in [0.4, 0.5) is 0 Å². The number of imidazole rings is 1. The van der Waals surface area contributed by atoms with Crippen LogP contribution in [0.3, 0.4) is 0 Å². The molecule has 0 spiro atoms. The average Bonchev–Trinajstić information content (AvgIpc) is 3.03. The number of nitrogens with zero attached hydrogens (tertiary/aromatic N) is 7. The van der Waals surface area contributed by atoms with E-state index < -0.39 is 0 Å². The molecule has 7 nitrogen and oxygen atoms in total. The number of thioether (sulfide) groups is 1. The molecule has 1 aliphatic rings. The molecule has 96 valence electrons. The van der Waals surface area contributed by atoms with Crippen molar-refractivity contribution >= 4 is 17.5 Å². The Bertz CT molecular complexity index is 681. The SMILES string of the molecule is c1cnc2nc(CSc3nnnn3C3CC3)cn2c1. The Morgan fingerprint density at radius 2 is 2.32 bits per heavy atom. The summed E-state index contributed by atoms with van der Waals surface area (Å²) >= 11 is 1.61. The Hall–Kier alpha value is -1.96. The summed E-state index contributed by atoms with van der Waals surface area (Å²) in [5.41, 5.74) is 0.981. The van der Waals surface area contributed by atoms with E-state index in [-0.39, 0.29) is 0 Å². The van der Waals surface area contributed by atoms with Crippen LogP contribution in [0, 0.1) is 0 Å². The summed E-state index contributed by atoms with van der Waals surface area (Å²) in [6.45, 7) is 0. The van der Waals surface area contributed by atoms with Gasteiger partial charge in [-0.25, -0.2) is 14.6 Å². The maximum atomic E-state index is 4.46. The van der Waals surface area contributed by atoms with Crippen LogP contribution >= 0.6 is 11.8 Å². The van der Waals surface area contributed by atoms with E-state index in [0.29, 0.717) is 6.04 Å². The summed E-state index contributed by atoms with van der Waals surface area (Å²) in [7, 11) is 0. The highest BCUT2D eigenvalue weighted by Gasteiger charge is 2.27. The zero-order valence-electron chi connectivity index (χ0n) is 10.0. The van der Waals surface area contributed by atoms with Gasteiger partial charge < -0.3 is 0 Å². The first-order chi connectivity index (χ1) is 9.40. The van der Waals surface area contributed by atoms with E-state index in [9.17, 15) is 0 Å². The van der Waals surface area contributed by atoms with Crippen LogP contribution in [0.1, 0.15) is 24.6 Å². The van der Waals surface area contributed by atoms with Crippen molar-refractivity contribution in [3.63, 3.8) is 0 Å². The third kappa shape index (κ3) is 2.07. The van der Waals surface area contributed by atoms with E-state index >= 15 is 0 Å².